The molecule has 0 aromatic carbocycles. The molecular weight excluding hydrogens is 298 g/mol. The summed E-state index contributed by atoms with van der Waals surface area (Å²) in [5.41, 5.74) is 1.48. The maximum atomic E-state index is 10.6. The van der Waals surface area contributed by atoms with E-state index in [1.807, 2.05) is 0 Å². The Kier molecular flexibility index (Phi) is 4.30. The van der Waals surface area contributed by atoms with E-state index in [0.29, 0.717) is 10.3 Å². The molecule has 0 amide bonds. The number of aromatic nitrogens is 1. The van der Waals surface area contributed by atoms with Gasteiger partial charge in [-0.2, -0.15) is 0 Å². The van der Waals surface area contributed by atoms with E-state index in [-0.39, 0.29) is 5.69 Å². The van der Waals surface area contributed by atoms with Crippen LogP contribution in [0.1, 0.15) is 25.7 Å². The molecule has 0 saturated carbocycles. The zero-order valence-corrected chi connectivity index (χ0v) is 11.4. The van der Waals surface area contributed by atoms with E-state index in [9.17, 15) is 10.1 Å². The average Bonchev–Trinajstić information content (AvgIpc) is 2.84. The van der Waals surface area contributed by atoms with E-state index in [0.717, 1.165) is 13.0 Å². The number of rotatable bonds is 5. The lowest BCUT2D eigenvalue weighted by molar-refractivity contribution is -0.385. The Morgan fingerprint density at radius 3 is 3.00 bits per heavy atom. The van der Waals surface area contributed by atoms with Crippen LogP contribution in [-0.2, 0) is 0 Å². The first-order chi connectivity index (χ1) is 8.66. The average molecular weight is 312 g/mol. The van der Waals surface area contributed by atoms with Crippen molar-refractivity contribution < 1.29 is 4.92 Å². The number of pyridine rings is 1. The number of allylic oxidation sites excluding steroid dienone is 1. The van der Waals surface area contributed by atoms with Crippen LogP contribution in [0.4, 0.5) is 11.5 Å². The van der Waals surface area contributed by atoms with Crippen molar-refractivity contribution in [2.45, 2.75) is 25.7 Å². The molecule has 0 atom stereocenters. The Morgan fingerprint density at radius 1 is 1.56 bits per heavy atom. The van der Waals surface area contributed by atoms with Gasteiger partial charge >= 0.3 is 0 Å². The molecule has 1 N–H and O–H groups in total. The van der Waals surface area contributed by atoms with Gasteiger partial charge in [0.1, 0.15) is 12.0 Å². The van der Waals surface area contributed by atoms with Crippen molar-refractivity contribution >= 4 is 27.4 Å². The number of hydrogen-bond donors (Lipinski definition) is 1. The van der Waals surface area contributed by atoms with Gasteiger partial charge in [0.25, 0.3) is 5.69 Å². The molecule has 5 nitrogen and oxygen atoms in total. The van der Waals surface area contributed by atoms with E-state index in [4.69, 9.17) is 0 Å². The van der Waals surface area contributed by atoms with Crippen LogP contribution in [-0.4, -0.2) is 16.5 Å². The van der Waals surface area contributed by atoms with E-state index in [1.165, 1.54) is 37.1 Å². The van der Waals surface area contributed by atoms with E-state index < -0.39 is 4.92 Å². The molecule has 1 aromatic rings. The van der Waals surface area contributed by atoms with Crippen LogP contribution in [0.3, 0.4) is 0 Å². The van der Waals surface area contributed by atoms with Crippen LogP contribution in [0.15, 0.2) is 28.4 Å². The third-order valence-electron chi connectivity index (χ3n) is 2.91. The summed E-state index contributed by atoms with van der Waals surface area (Å²) >= 11 is 3.29. The monoisotopic (exact) mass is 311 g/mol. The lowest BCUT2D eigenvalue weighted by Crippen LogP contribution is -2.05. The molecule has 0 spiro atoms. The summed E-state index contributed by atoms with van der Waals surface area (Å²) in [6.07, 6.45) is 8.20. The Balaban J connectivity index is 1.91. The lowest BCUT2D eigenvalue weighted by Gasteiger charge is -2.07. The molecule has 0 radical (unpaired) electrons. The Hall–Kier alpha value is -1.43. The minimum absolute atomic E-state index is 0.00840. The van der Waals surface area contributed by atoms with Crippen molar-refractivity contribution in [2.24, 2.45) is 0 Å². The fourth-order valence-corrected chi connectivity index (χ4v) is 2.44. The van der Waals surface area contributed by atoms with Crippen molar-refractivity contribution in [3.05, 3.63) is 38.5 Å². The highest BCUT2D eigenvalue weighted by atomic mass is 79.9. The van der Waals surface area contributed by atoms with Gasteiger partial charge in [0.2, 0.25) is 0 Å². The number of halogens is 1. The maximum Gasteiger partial charge on any atom is 0.288 e. The van der Waals surface area contributed by atoms with Gasteiger partial charge < -0.3 is 5.32 Å². The van der Waals surface area contributed by atoms with Crippen LogP contribution in [0.2, 0.25) is 0 Å². The second kappa shape index (κ2) is 5.95. The molecule has 1 aliphatic rings. The highest BCUT2D eigenvalue weighted by Crippen LogP contribution is 2.25. The Labute approximate surface area is 114 Å². The molecule has 2 rings (SSSR count). The standard InChI is InChI=1S/C12H14BrN3O2/c13-11-7-10(16(17)18)8-15-12(11)14-6-5-9-3-1-2-4-9/h3,7-8H,1-2,4-6H2,(H,14,15). The topological polar surface area (TPSA) is 68.1 Å². The summed E-state index contributed by atoms with van der Waals surface area (Å²) in [7, 11) is 0. The second-order valence-electron chi connectivity index (χ2n) is 4.21. The molecule has 18 heavy (non-hydrogen) atoms. The molecule has 0 saturated heterocycles. The maximum absolute atomic E-state index is 10.6. The van der Waals surface area contributed by atoms with Crippen molar-refractivity contribution in [3.63, 3.8) is 0 Å². The highest BCUT2D eigenvalue weighted by molar-refractivity contribution is 9.10. The van der Waals surface area contributed by atoms with Gasteiger partial charge in [0.15, 0.2) is 0 Å². The third kappa shape index (κ3) is 3.29. The zero-order chi connectivity index (χ0) is 13.0. The summed E-state index contributed by atoms with van der Waals surface area (Å²) in [5.74, 6) is 0.652. The minimum atomic E-state index is -0.453. The molecule has 6 heteroatoms. The van der Waals surface area contributed by atoms with Crippen molar-refractivity contribution in [3.8, 4) is 0 Å². The van der Waals surface area contributed by atoms with Crippen LogP contribution >= 0.6 is 15.9 Å². The molecule has 0 fully saturated rings. The van der Waals surface area contributed by atoms with Crippen molar-refractivity contribution in [1.82, 2.24) is 4.98 Å². The van der Waals surface area contributed by atoms with Gasteiger partial charge in [0, 0.05) is 12.6 Å². The number of hydrogen-bond acceptors (Lipinski definition) is 4. The van der Waals surface area contributed by atoms with Crippen LogP contribution < -0.4 is 5.32 Å². The third-order valence-corrected chi connectivity index (χ3v) is 3.52. The largest absolute Gasteiger partial charge is 0.369 e. The summed E-state index contributed by atoms with van der Waals surface area (Å²) in [4.78, 5) is 14.2. The molecule has 1 heterocycles. The van der Waals surface area contributed by atoms with Crippen molar-refractivity contribution in [2.75, 3.05) is 11.9 Å². The normalized spacial score (nSPS) is 14.4. The van der Waals surface area contributed by atoms with Crippen LogP contribution in [0.5, 0.6) is 0 Å². The van der Waals surface area contributed by atoms with Gasteiger partial charge in [-0.1, -0.05) is 11.6 Å². The molecule has 0 aliphatic heterocycles. The summed E-state index contributed by atoms with van der Waals surface area (Å²) < 4.78 is 0.622. The quantitative estimate of drug-likeness (QED) is 0.512. The summed E-state index contributed by atoms with van der Waals surface area (Å²) in [6.45, 7) is 0.801. The van der Waals surface area contributed by atoms with Crippen LogP contribution in [0, 0.1) is 10.1 Å². The highest BCUT2D eigenvalue weighted by Gasteiger charge is 2.10. The number of nitrogens with one attached hydrogen (secondary N) is 1. The molecule has 1 aromatic heterocycles. The molecule has 1 aliphatic carbocycles. The number of anilines is 1. The molecule has 0 bridgehead atoms. The number of nitro groups is 1. The smallest absolute Gasteiger partial charge is 0.288 e. The molecular formula is C12H14BrN3O2. The fourth-order valence-electron chi connectivity index (χ4n) is 1.96. The fraction of sp³-hybridized carbons (Fsp3) is 0.417. The number of nitrogens with zero attached hydrogens (tertiary/aromatic N) is 2. The van der Waals surface area contributed by atoms with Gasteiger partial charge in [-0.15, -0.1) is 0 Å². The first-order valence-electron chi connectivity index (χ1n) is 5.88. The predicted molar refractivity (Wildman–Crippen MR) is 73.6 cm³/mol. The van der Waals surface area contributed by atoms with Gasteiger partial charge in [-0.25, -0.2) is 4.98 Å². The van der Waals surface area contributed by atoms with E-state index in [1.54, 1.807) is 0 Å². The van der Waals surface area contributed by atoms with Crippen molar-refractivity contribution in [1.29, 1.82) is 0 Å². The van der Waals surface area contributed by atoms with Gasteiger partial charge in [-0.05, 0) is 41.6 Å². The minimum Gasteiger partial charge on any atom is -0.369 e. The summed E-state index contributed by atoms with van der Waals surface area (Å²) in [6, 6.07) is 1.46. The van der Waals surface area contributed by atoms with E-state index >= 15 is 0 Å². The first-order valence-corrected chi connectivity index (χ1v) is 6.68. The zero-order valence-electron chi connectivity index (χ0n) is 9.86. The molecule has 96 valence electrons. The van der Waals surface area contributed by atoms with Gasteiger partial charge in [-0.3, -0.25) is 10.1 Å². The lowest BCUT2D eigenvalue weighted by atomic mass is 10.2. The van der Waals surface area contributed by atoms with Crippen LogP contribution in [0.25, 0.3) is 0 Å². The molecule has 0 unspecified atom stereocenters. The second-order valence-corrected chi connectivity index (χ2v) is 5.07. The predicted octanol–water partition coefficient (Wildman–Crippen LogP) is 3.66. The Bertz CT molecular complexity index is 488. The Morgan fingerprint density at radius 2 is 2.39 bits per heavy atom. The summed E-state index contributed by atoms with van der Waals surface area (Å²) in [5, 5.41) is 13.8. The van der Waals surface area contributed by atoms with E-state index in [2.05, 4.69) is 32.3 Å². The SMILES string of the molecule is O=[N+]([O-])c1cnc(NCCC2=CCCC2)c(Br)c1. The van der Waals surface area contributed by atoms with Gasteiger partial charge in [0.05, 0.1) is 9.40 Å². The first kappa shape index (κ1) is 13.0.